The van der Waals surface area contributed by atoms with Crippen LogP contribution in [0.5, 0.6) is 0 Å². The van der Waals surface area contributed by atoms with Crippen molar-refractivity contribution in [3.8, 4) is 0 Å². The molecule has 1 nitrogen and oxygen atoms in total. The molecule has 4 aliphatic carbocycles. The molecule has 0 atom stereocenters. The van der Waals surface area contributed by atoms with Crippen molar-refractivity contribution in [2.75, 3.05) is 6.61 Å². The highest BCUT2D eigenvalue weighted by atomic mass is 16.5. The fourth-order valence-corrected chi connectivity index (χ4v) is 7.13. The van der Waals surface area contributed by atoms with Gasteiger partial charge in [0.15, 0.2) is 0 Å². The standard InChI is InChI=1S/C31H48O/c1-3-5-7-8-9-18-30-19-22-31(23-20-30,24-21-30)28-14-10-26(11-15-28)27-12-16-29(17-13-27)32-25-6-4-2/h4,6,10-11,14-15,27,29H,3,5,7-9,12-13,16-25H2,1-2H3/b6-4+. The first-order chi connectivity index (χ1) is 15.7. The first-order valence-corrected chi connectivity index (χ1v) is 14.0. The Morgan fingerprint density at radius 3 is 2.12 bits per heavy atom. The number of benzene rings is 1. The van der Waals surface area contributed by atoms with Crippen molar-refractivity contribution in [1.29, 1.82) is 0 Å². The van der Waals surface area contributed by atoms with Crippen LogP contribution in [0.15, 0.2) is 36.4 Å². The summed E-state index contributed by atoms with van der Waals surface area (Å²) in [5.41, 5.74) is 4.44. The molecule has 0 unspecified atom stereocenters. The van der Waals surface area contributed by atoms with Gasteiger partial charge in [0.2, 0.25) is 0 Å². The second kappa shape index (κ2) is 11.4. The average Bonchev–Trinajstić information content (AvgIpc) is 2.86. The Morgan fingerprint density at radius 2 is 1.50 bits per heavy atom. The summed E-state index contributed by atoms with van der Waals surface area (Å²) >= 11 is 0. The summed E-state index contributed by atoms with van der Waals surface area (Å²) in [7, 11) is 0. The molecular formula is C31H48O. The highest BCUT2D eigenvalue weighted by Crippen LogP contribution is 2.59. The van der Waals surface area contributed by atoms with Crippen LogP contribution < -0.4 is 0 Å². The van der Waals surface area contributed by atoms with Crippen molar-refractivity contribution >= 4 is 0 Å². The van der Waals surface area contributed by atoms with Crippen molar-refractivity contribution in [2.45, 2.75) is 134 Å². The quantitative estimate of drug-likeness (QED) is 0.248. The van der Waals surface area contributed by atoms with Gasteiger partial charge in [-0.25, -0.2) is 0 Å². The number of hydrogen-bond donors (Lipinski definition) is 0. The molecule has 0 aliphatic heterocycles. The molecule has 4 saturated carbocycles. The third-order valence-corrected chi connectivity index (χ3v) is 9.54. The molecule has 0 saturated heterocycles. The average molecular weight is 437 g/mol. The topological polar surface area (TPSA) is 9.23 Å². The maximum atomic E-state index is 6.00. The lowest BCUT2D eigenvalue weighted by Crippen LogP contribution is -2.44. The fourth-order valence-electron chi connectivity index (χ4n) is 7.13. The van der Waals surface area contributed by atoms with E-state index in [0.717, 1.165) is 12.5 Å². The lowest BCUT2D eigenvalue weighted by Gasteiger charge is -2.54. The van der Waals surface area contributed by atoms with Gasteiger partial charge in [-0.2, -0.15) is 0 Å². The molecule has 1 aromatic rings. The van der Waals surface area contributed by atoms with Crippen LogP contribution in [0.3, 0.4) is 0 Å². The largest absolute Gasteiger partial charge is 0.374 e. The van der Waals surface area contributed by atoms with E-state index in [2.05, 4.69) is 50.3 Å². The van der Waals surface area contributed by atoms with E-state index in [9.17, 15) is 0 Å². The molecule has 0 heterocycles. The van der Waals surface area contributed by atoms with E-state index >= 15 is 0 Å². The zero-order valence-electron chi connectivity index (χ0n) is 21.0. The monoisotopic (exact) mass is 436 g/mol. The van der Waals surface area contributed by atoms with E-state index in [1.807, 2.05) is 0 Å². The molecule has 32 heavy (non-hydrogen) atoms. The Morgan fingerprint density at radius 1 is 0.844 bits per heavy atom. The molecule has 0 radical (unpaired) electrons. The highest BCUT2D eigenvalue weighted by molar-refractivity contribution is 5.33. The Balaban J connectivity index is 1.26. The van der Waals surface area contributed by atoms with Gasteiger partial charge in [-0.05, 0) is 105 Å². The summed E-state index contributed by atoms with van der Waals surface area (Å²) in [6, 6.07) is 10.0. The van der Waals surface area contributed by atoms with Crippen LogP contribution in [-0.4, -0.2) is 12.7 Å². The first kappa shape index (κ1) is 24.1. The Bertz CT molecular complexity index is 682. The van der Waals surface area contributed by atoms with E-state index in [0.29, 0.717) is 16.9 Å². The molecule has 5 rings (SSSR count). The van der Waals surface area contributed by atoms with Gasteiger partial charge >= 0.3 is 0 Å². The molecule has 178 valence electrons. The Kier molecular flexibility index (Phi) is 8.55. The van der Waals surface area contributed by atoms with Crippen LogP contribution in [0.25, 0.3) is 0 Å². The third kappa shape index (κ3) is 5.69. The number of rotatable bonds is 11. The van der Waals surface area contributed by atoms with Gasteiger partial charge in [0.25, 0.3) is 0 Å². The van der Waals surface area contributed by atoms with Gasteiger partial charge in [-0.1, -0.05) is 75.4 Å². The van der Waals surface area contributed by atoms with E-state index in [1.54, 1.807) is 11.1 Å². The minimum Gasteiger partial charge on any atom is -0.374 e. The van der Waals surface area contributed by atoms with Gasteiger partial charge in [0, 0.05) is 0 Å². The molecule has 2 bridgehead atoms. The first-order valence-electron chi connectivity index (χ1n) is 14.0. The summed E-state index contributed by atoms with van der Waals surface area (Å²) in [6.07, 6.45) is 27.1. The molecule has 0 spiro atoms. The zero-order valence-corrected chi connectivity index (χ0v) is 21.0. The van der Waals surface area contributed by atoms with Crippen LogP contribution in [0.4, 0.5) is 0 Å². The van der Waals surface area contributed by atoms with Gasteiger partial charge in [-0.3, -0.25) is 0 Å². The number of fused-ring (bicyclic) bond motifs is 3. The summed E-state index contributed by atoms with van der Waals surface area (Å²) in [5, 5.41) is 0. The Labute approximate surface area is 198 Å². The van der Waals surface area contributed by atoms with Crippen molar-refractivity contribution < 1.29 is 4.74 Å². The van der Waals surface area contributed by atoms with E-state index in [-0.39, 0.29) is 0 Å². The molecule has 4 aliphatic rings. The van der Waals surface area contributed by atoms with Crippen molar-refractivity contribution in [2.24, 2.45) is 5.41 Å². The summed E-state index contributed by atoms with van der Waals surface area (Å²) in [5.74, 6) is 0.737. The van der Waals surface area contributed by atoms with Crippen LogP contribution in [0.1, 0.15) is 134 Å². The maximum Gasteiger partial charge on any atom is 0.0651 e. The number of allylic oxidation sites excluding steroid dienone is 1. The third-order valence-electron chi connectivity index (χ3n) is 9.54. The van der Waals surface area contributed by atoms with Crippen LogP contribution in [-0.2, 0) is 10.2 Å². The normalized spacial score (nSPS) is 32.6. The smallest absolute Gasteiger partial charge is 0.0651 e. The van der Waals surface area contributed by atoms with Crippen LogP contribution in [0.2, 0.25) is 0 Å². The lowest BCUT2D eigenvalue weighted by molar-refractivity contribution is 0.0304. The van der Waals surface area contributed by atoms with Crippen molar-refractivity contribution in [3.63, 3.8) is 0 Å². The lowest BCUT2D eigenvalue weighted by atomic mass is 9.51. The summed E-state index contributed by atoms with van der Waals surface area (Å²) in [6.45, 7) is 5.17. The SMILES string of the molecule is C/C=C/COC1CCC(c2ccc(C34CCC(CCCCCCC)(CC3)CC4)cc2)CC1. The molecular weight excluding hydrogens is 388 g/mol. The van der Waals surface area contributed by atoms with Gasteiger partial charge in [0.05, 0.1) is 12.7 Å². The zero-order chi connectivity index (χ0) is 22.3. The van der Waals surface area contributed by atoms with Crippen LogP contribution in [0, 0.1) is 5.41 Å². The minimum atomic E-state index is 0.469. The molecule has 4 fully saturated rings. The van der Waals surface area contributed by atoms with Gasteiger partial charge < -0.3 is 4.74 Å². The van der Waals surface area contributed by atoms with E-state index < -0.39 is 0 Å². The second-order valence-corrected chi connectivity index (χ2v) is 11.4. The maximum absolute atomic E-state index is 6.00. The molecule has 1 heteroatoms. The summed E-state index contributed by atoms with van der Waals surface area (Å²) < 4.78 is 6.00. The molecule has 0 aromatic heterocycles. The Hall–Kier alpha value is -1.08. The second-order valence-electron chi connectivity index (χ2n) is 11.4. The molecule has 0 amide bonds. The fraction of sp³-hybridized carbons (Fsp3) is 0.742. The van der Waals surface area contributed by atoms with E-state index in [4.69, 9.17) is 4.74 Å². The highest BCUT2D eigenvalue weighted by Gasteiger charge is 2.48. The molecule has 0 N–H and O–H groups in total. The van der Waals surface area contributed by atoms with Crippen molar-refractivity contribution in [1.82, 2.24) is 0 Å². The number of ether oxygens (including phenoxy) is 1. The number of unbranched alkanes of at least 4 members (excludes halogenated alkanes) is 4. The van der Waals surface area contributed by atoms with Gasteiger partial charge in [-0.15, -0.1) is 0 Å². The van der Waals surface area contributed by atoms with Gasteiger partial charge in [0.1, 0.15) is 0 Å². The minimum absolute atomic E-state index is 0.469. The molecule has 1 aromatic carbocycles. The van der Waals surface area contributed by atoms with Crippen molar-refractivity contribution in [3.05, 3.63) is 47.5 Å². The predicted molar refractivity (Wildman–Crippen MR) is 137 cm³/mol. The summed E-state index contributed by atoms with van der Waals surface area (Å²) in [4.78, 5) is 0. The van der Waals surface area contributed by atoms with E-state index in [1.165, 1.54) is 103 Å². The number of hydrogen-bond acceptors (Lipinski definition) is 1. The van der Waals surface area contributed by atoms with Crippen LogP contribution >= 0.6 is 0 Å². The predicted octanol–water partition coefficient (Wildman–Crippen LogP) is 9.26.